The van der Waals surface area contributed by atoms with Gasteiger partial charge in [-0.25, -0.2) is 9.37 Å². The number of hydrogen-bond acceptors (Lipinski definition) is 3. The number of carbonyl (C=O) groups is 1. The van der Waals surface area contributed by atoms with Crippen molar-refractivity contribution in [2.75, 3.05) is 12.4 Å². The molecule has 1 aliphatic carbocycles. The van der Waals surface area contributed by atoms with Crippen LogP contribution in [0, 0.1) is 17.7 Å². The number of aromatic nitrogens is 2. The smallest absolute Gasteiger partial charge is 0.227 e. The molecule has 0 spiro atoms. The molecule has 160 valence electrons. The van der Waals surface area contributed by atoms with E-state index < -0.39 is 0 Å². The van der Waals surface area contributed by atoms with Gasteiger partial charge < -0.3 is 14.6 Å². The van der Waals surface area contributed by atoms with Gasteiger partial charge in [0.2, 0.25) is 5.91 Å². The zero-order valence-electron chi connectivity index (χ0n) is 17.6. The molecule has 3 aromatic rings. The number of methoxy groups -OCH3 is 1. The maximum Gasteiger partial charge on any atom is 0.227 e. The first kappa shape index (κ1) is 19.8. The Kier molecular flexibility index (Phi) is 5.22. The molecule has 1 fully saturated rings. The molecule has 1 unspecified atom stereocenters. The highest BCUT2D eigenvalue weighted by Crippen LogP contribution is 2.47. The van der Waals surface area contributed by atoms with Gasteiger partial charge in [-0.1, -0.05) is 24.6 Å². The van der Waals surface area contributed by atoms with Crippen LogP contribution in [0.2, 0.25) is 0 Å². The monoisotopic (exact) mass is 419 g/mol. The number of imidazole rings is 1. The van der Waals surface area contributed by atoms with Crippen LogP contribution in [0.5, 0.6) is 5.75 Å². The van der Waals surface area contributed by atoms with Crippen molar-refractivity contribution in [2.24, 2.45) is 11.8 Å². The van der Waals surface area contributed by atoms with Crippen LogP contribution in [0.4, 0.5) is 10.1 Å². The topological polar surface area (TPSA) is 56.1 Å². The van der Waals surface area contributed by atoms with Gasteiger partial charge in [-0.2, -0.15) is 0 Å². The lowest BCUT2D eigenvalue weighted by molar-refractivity contribution is -0.120. The Labute approximate surface area is 181 Å². The van der Waals surface area contributed by atoms with Crippen molar-refractivity contribution in [1.29, 1.82) is 0 Å². The van der Waals surface area contributed by atoms with E-state index in [-0.39, 0.29) is 29.6 Å². The fourth-order valence-corrected chi connectivity index (χ4v) is 5.25. The Hall–Kier alpha value is -3.15. The number of fused-ring (bicyclic) bond motifs is 3. The van der Waals surface area contributed by atoms with Crippen molar-refractivity contribution < 1.29 is 13.9 Å². The number of carbonyl (C=O) groups excluding carboxylic acids is 1. The van der Waals surface area contributed by atoms with Crippen molar-refractivity contribution in [1.82, 2.24) is 9.55 Å². The predicted octanol–water partition coefficient (Wildman–Crippen LogP) is 5.44. The van der Waals surface area contributed by atoms with E-state index in [0.29, 0.717) is 0 Å². The Morgan fingerprint density at radius 1 is 1.16 bits per heavy atom. The molecule has 0 radical (unpaired) electrons. The molecule has 1 amide bonds. The zero-order valence-corrected chi connectivity index (χ0v) is 17.6. The van der Waals surface area contributed by atoms with Crippen LogP contribution in [-0.2, 0) is 4.79 Å². The Morgan fingerprint density at radius 3 is 2.90 bits per heavy atom. The first-order chi connectivity index (χ1) is 15.2. The summed E-state index contributed by atoms with van der Waals surface area (Å²) in [7, 11) is 1.61. The number of rotatable bonds is 4. The third kappa shape index (κ3) is 3.60. The molecule has 5 rings (SSSR count). The number of anilines is 1. The van der Waals surface area contributed by atoms with Crippen LogP contribution in [0.1, 0.15) is 43.7 Å². The summed E-state index contributed by atoms with van der Waals surface area (Å²) in [6.45, 7) is 0. The standard InChI is InChI=1S/C25H26FN3O2/c1-31-19-8-3-7-18(13-19)28-25(30)17-6-2-5-16(11-12-17)24-23-20(9-4-10-21(23)26)22-14-27-15-29(22)24/h3-4,7-10,13-17,24H,2,5-6,11-12H2,1H3,(H,28,30)/t16?,17-,24-/m1/s1. The van der Waals surface area contributed by atoms with Crippen molar-refractivity contribution in [3.05, 3.63) is 66.4 Å². The summed E-state index contributed by atoms with van der Waals surface area (Å²) in [6, 6.07) is 12.7. The van der Waals surface area contributed by atoms with E-state index in [0.717, 1.165) is 60.4 Å². The van der Waals surface area contributed by atoms with Crippen molar-refractivity contribution in [2.45, 2.75) is 38.1 Å². The lowest BCUT2D eigenvalue weighted by Crippen LogP contribution is -2.23. The molecule has 1 saturated carbocycles. The van der Waals surface area contributed by atoms with Crippen LogP contribution in [0.15, 0.2) is 55.0 Å². The molecule has 5 nitrogen and oxygen atoms in total. The van der Waals surface area contributed by atoms with Gasteiger partial charge in [-0.15, -0.1) is 0 Å². The molecule has 6 heteroatoms. The minimum absolute atomic E-state index is 0.0417. The molecular formula is C25H26FN3O2. The molecule has 2 heterocycles. The average Bonchev–Trinajstić information content (AvgIpc) is 3.28. The van der Waals surface area contributed by atoms with E-state index in [4.69, 9.17) is 4.74 Å². The number of hydrogen-bond donors (Lipinski definition) is 1. The lowest BCUT2D eigenvalue weighted by atomic mass is 9.86. The molecule has 1 aliphatic heterocycles. The van der Waals surface area contributed by atoms with Crippen LogP contribution < -0.4 is 10.1 Å². The van der Waals surface area contributed by atoms with Gasteiger partial charge in [0.25, 0.3) is 0 Å². The van der Waals surface area contributed by atoms with Gasteiger partial charge in [0.05, 0.1) is 31.4 Å². The molecular weight excluding hydrogens is 393 g/mol. The quantitative estimate of drug-likeness (QED) is 0.573. The van der Waals surface area contributed by atoms with Crippen molar-refractivity contribution >= 4 is 11.6 Å². The fourth-order valence-electron chi connectivity index (χ4n) is 5.25. The average molecular weight is 420 g/mol. The van der Waals surface area contributed by atoms with E-state index in [1.807, 2.05) is 42.9 Å². The number of nitrogens with zero attached hydrogens (tertiary/aromatic N) is 2. The molecule has 0 bridgehead atoms. The second kappa shape index (κ2) is 8.17. The summed E-state index contributed by atoms with van der Waals surface area (Å²) < 4.78 is 22.2. The molecule has 2 aromatic carbocycles. The normalized spacial score (nSPS) is 22.3. The summed E-state index contributed by atoms with van der Waals surface area (Å²) in [5.74, 6) is 0.857. The number of halogens is 1. The fraction of sp³-hybridized carbons (Fsp3) is 0.360. The Balaban J connectivity index is 1.32. The molecule has 0 saturated heterocycles. The summed E-state index contributed by atoms with van der Waals surface area (Å²) in [4.78, 5) is 17.2. The lowest BCUT2D eigenvalue weighted by Gasteiger charge is -2.25. The summed E-state index contributed by atoms with van der Waals surface area (Å²) in [5, 5.41) is 3.04. The third-order valence-electron chi connectivity index (χ3n) is 6.76. The van der Waals surface area contributed by atoms with E-state index in [2.05, 4.69) is 14.9 Å². The number of benzene rings is 2. The van der Waals surface area contributed by atoms with Crippen LogP contribution >= 0.6 is 0 Å². The first-order valence-electron chi connectivity index (χ1n) is 10.9. The van der Waals surface area contributed by atoms with Crippen LogP contribution in [-0.4, -0.2) is 22.6 Å². The van der Waals surface area contributed by atoms with Gasteiger partial charge in [0, 0.05) is 28.8 Å². The van der Waals surface area contributed by atoms with Gasteiger partial charge in [-0.3, -0.25) is 4.79 Å². The Morgan fingerprint density at radius 2 is 2.03 bits per heavy atom. The molecule has 1 aromatic heterocycles. The molecule has 31 heavy (non-hydrogen) atoms. The second-order valence-corrected chi connectivity index (χ2v) is 8.52. The highest BCUT2D eigenvalue weighted by atomic mass is 19.1. The van der Waals surface area contributed by atoms with Gasteiger partial charge in [0.1, 0.15) is 11.6 Å². The maximum absolute atomic E-state index is 14.8. The van der Waals surface area contributed by atoms with Gasteiger partial charge >= 0.3 is 0 Å². The van der Waals surface area contributed by atoms with Crippen LogP contribution in [0.3, 0.4) is 0 Å². The van der Waals surface area contributed by atoms with E-state index in [1.54, 1.807) is 19.2 Å². The minimum atomic E-state index is -0.150. The van der Waals surface area contributed by atoms with E-state index >= 15 is 0 Å². The summed E-state index contributed by atoms with van der Waals surface area (Å²) in [5.41, 5.74) is 3.46. The maximum atomic E-state index is 14.8. The molecule has 3 atom stereocenters. The largest absolute Gasteiger partial charge is 0.497 e. The van der Waals surface area contributed by atoms with E-state index in [1.165, 1.54) is 0 Å². The highest BCUT2D eigenvalue weighted by molar-refractivity contribution is 5.92. The Bertz CT molecular complexity index is 1110. The second-order valence-electron chi connectivity index (χ2n) is 8.52. The number of amides is 1. The SMILES string of the molecule is COc1cccc(NC(=O)[C@@H]2CCCC([C@@H]3c4c(F)cccc4-c4cncn43)CC2)c1. The summed E-state index contributed by atoms with van der Waals surface area (Å²) in [6.07, 6.45) is 8.08. The molecule has 2 aliphatic rings. The van der Waals surface area contributed by atoms with Gasteiger partial charge in [-0.05, 0) is 49.8 Å². The highest BCUT2D eigenvalue weighted by Gasteiger charge is 2.38. The van der Waals surface area contributed by atoms with Crippen molar-refractivity contribution in [3.8, 4) is 17.0 Å². The van der Waals surface area contributed by atoms with Crippen LogP contribution in [0.25, 0.3) is 11.3 Å². The zero-order chi connectivity index (χ0) is 21.4. The van der Waals surface area contributed by atoms with Crippen molar-refractivity contribution in [3.63, 3.8) is 0 Å². The summed E-state index contributed by atoms with van der Waals surface area (Å²) >= 11 is 0. The predicted molar refractivity (Wildman–Crippen MR) is 117 cm³/mol. The number of nitrogens with one attached hydrogen (secondary N) is 1. The first-order valence-corrected chi connectivity index (χ1v) is 10.9. The molecule has 1 N–H and O–H groups in total. The number of ether oxygens (including phenoxy) is 1. The third-order valence-corrected chi connectivity index (χ3v) is 6.76. The van der Waals surface area contributed by atoms with E-state index in [9.17, 15) is 9.18 Å². The van der Waals surface area contributed by atoms with Gasteiger partial charge in [0.15, 0.2) is 0 Å². The minimum Gasteiger partial charge on any atom is -0.497 e.